The first kappa shape index (κ1) is 17.9. The normalized spacial score (nSPS) is 37.7. The molecule has 3 rings (SSSR count). The molecule has 2 aliphatic carbocycles. The van der Waals surface area contributed by atoms with Gasteiger partial charge in [-0.3, -0.25) is 0 Å². The van der Waals surface area contributed by atoms with Crippen LogP contribution in [-0.2, 0) is 0 Å². The number of phenolic OH excluding ortho intramolecular Hbond substituents is 1. The third-order valence-corrected chi connectivity index (χ3v) is 4.40. The Labute approximate surface area is 133 Å². The van der Waals surface area contributed by atoms with Gasteiger partial charge in [0.25, 0.3) is 0 Å². The molecule has 0 heterocycles. The van der Waals surface area contributed by atoms with Gasteiger partial charge in [-0.2, -0.15) is 30.7 Å². The molecule has 0 aliphatic heterocycles. The maximum Gasteiger partial charge on any atom is 0.382 e. The van der Waals surface area contributed by atoms with E-state index < -0.39 is 57.9 Å². The molecule has 0 aromatic heterocycles. The van der Waals surface area contributed by atoms with Crippen LogP contribution in [0.25, 0.3) is 6.08 Å². The van der Waals surface area contributed by atoms with Crippen molar-refractivity contribution in [3.63, 3.8) is 0 Å². The smallest absolute Gasteiger partial charge is 0.382 e. The second kappa shape index (κ2) is 4.43. The minimum atomic E-state index is -6.76. The van der Waals surface area contributed by atoms with E-state index in [2.05, 4.69) is 0 Å². The SMILES string of the molecule is Oc1ccc2c(c1)C(F)C1(F)C(=C2)C(O)(F)C(F)(F)C(F)(F)C1(F)F. The molecule has 25 heavy (non-hydrogen) atoms. The number of benzene rings is 1. The summed E-state index contributed by atoms with van der Waals surface area (Å²) in [6.07, 6.45) is -3.86. The summed E-state index contributed by atoms with van der Waals surface area (Å²) in [6.45, 7) is 0. The van der Waals surface area contributed by atoms with Crippen molar-refractivity contribution in [2.75, 3.05) is 0 Å². The Morgan fingerprint density at radius 2 is 1.40 bits per heavy atom. The summed E-state index contributed by atoms with van der Waals surface area (Å²) in [6, 6.07) is 1.93. The van der Waals surface area contributed by atoms with Crippen molar-refractivity contribution in [3.05, 3.63) is 34.9 Å². The molecule has 3 unspecified atom stereocenters. The van der Waals surface area contributed by atoms with Gasteiger partial charge in [-0.25, -0.2) is 8.78 Å². The minimum absolute atomic E-state index is 0.0953. The van der Waals surface area contributed by atoms with Gasteiger partial charge in [0.15, 0.2) is 6.17 Å². The molecule has 0 saturated heterocycles. The van der Waals surface area contributed by atoms with Gasteiger partial charge in [0, 0.05) is 11.1 Å². The maximum atomic E-state index is 14.8. The first-order valence-corrected chi connectivity index (χ1v) is 6.57. The summed E-state index contributed by atoms with van der Waals surface area (Å²) in [5.74, 6) is -26.0. The Morgan fingerprint density at radius 1 is 0.840 bits per heavy atom. The predicted molar refractivity (Wildman–Crippen MR) is 64.7 cm³/mol. The van der Waals surface area contributed by atoms with Crippen molar-refractivity contribution in [3.8, 4) is 5.75 Å². The van der Waals surface area contributed by atoms with Gasteiger partial charge in [-0.05, 0) is 23.8 Å². The first-order valence-electron chi connectivity index (χ1n) is 6.57. The van der Waals surface area contributed by atoms with E-state index >= 15 is 0 Å². The lowest BCUT2D eigenvalue weighted by molar-refractivity contribution is -0.421. The standard InChI is InChI=1S/C14H7F9O2/c15-9-7-4-6(24)2-1-5(7)3-8-10(9,16)12(18,19)14(22,23)13(20,21)11(8,17)25/h1-4,9,24-25H. The van der Waals surface area contributed by atoms with Gasteiger partial charge in [-0.1, -0.05) is 6.07 Å². The average Bonchev–Trinajstić information content (AvgIpc) is 2.49. The van der Waals surface area contributed by atoms with E-state index in [9.17, 15) is 49.7 Å². The highest BCUT2D eigenvalue weighted by Gasteiger charge is 2.93. The largest absolute Gasteiger partial charge is 0.508 e. The Morgan fingerprint density at radius 3 is 1.96 bits per heavy atom. The molecule has 1 aromatic rings. The molecule has 138 valence electrons. The fourth-order valence-corrected chi connectivity index (χ4v) is 2.99. The zero-order valence-electron chi connectivity index (χ0n) is 11.7. The van der Waals surface area contributed by atoms with Gasteiger partial charge < -0.3 is 10.2 Å². The second-order valence-electron chi connectivity index (χ2n) is 5.79. The van der Waals surface area contributed by atoms with Crippen molar-refractivity contribution in [1.29, 1.82) is 0 Å². The number of hydrogen-bond acceptors (Lipinski definition) is 2. The van der Waals surface area contributed by atoms with E-state index in [0.717, 1.165) is 12.1 Å². The van der Waals surface area contributed by atoms with E-state index in [0.29, 0.717) is 6.07 Å². The zero-order valence-corrected chi connectivity index (χ0v) is 11.7. The van der Waals surface area contributed by atoms with Crippen LogP contribution in [0.2, 0.25) is 0 Å². The van der Waals surface area contributed by atoms with Crippen LogP contribution in [0.3, 0.4) is 0 Å². The molecule has 2 aliphatic rings. The monoisotopic (exact) mass is 378 g/mol. The van der Waals surface area contributed by atoms with Crippen LogP contribution in [0.1, 0.15) is 17.3 Å². The minimum Gasteiger partial charge on any atom is -0.508 e. The number of aromatic hydroxyl groups is 1. The fraction of sp³-hybridized carbons (Fsp3) is 0.429. The van der Waals surface area contributed by atoms with E-state index in [1.54, 1.807) is 0 Å². The van der Waals surface area contributed by atoms with E-state index in [-0.39, 0.29) is 6.08 Å². The van der Waals surface area contributed by atoms with Crippen LogP contribution < -0.4 is 0 Å². The van der Waals surface area contributed by atoms with Crippen molar-refractivity contribution >= 4 is 6.08 Å². The van der Waals surface area contributed by atoms with Crippen LogP contribution >= 0.6 is 0 Å². The van der Waals surface area contributed by atoms with Crippen LogP contribution in [0.15, 0.2) is 23.8 Å². The first-order chi connectivity index (χ1) is 11.1. The van der Waals surface area contributed by atoms with Crippen molar-refractivity contribution in [2.45, 2.75) is 35.5 Å². The molecule has 1 aromatic carbocycles. The lowest BCUT2D eigenvalue weighted by Crippen LogP contribution is -2.78. The van der Waals surface area contributed by atoms with Gasteiger partial charge >= 0.3 is 23.6 Å². The summed E-state index contributed by atoms with van der Waals surface area (Å²) >= 11 is 0. The van der Waals surface area contributed by atoms with Crippen LogP contribution in [0, 0.1) is 0 Å². The summed E-state index contributed by atoms with van der Waals surface area (Å²) in [5, 5.41) is 18.4. The Balaban J connectivity index is 2.42. The zero-order chi connectivity index (χ0) is 19.2. The lowest BCUT2D eigenvalue weighted by Gasteiger charge is -2.53. The molecule has 11 heteroatoms. The number of phenols is 1. The van der Waals surface area contributed by atoms with Gasteiger partial charge in [0.1, 0.15) is 5.75 Å². The third-order valence-electron chi connectivity index (χ3n) is 4.40. The number of alkyl halides is 9. The summed E-state index contributed by atoms with van der Waals surface area (Å²) in [5.41, 5.74) is -9.63. The number of fused-ring (bicyclic) bond motifs is 2. The van der Waals surface area contributed by atoms with E-state index in [1.165, 1.54) is 0 Å². The summed E-state index contributed by atoms with van der Waals surface area (Å²) in [4.78, 5) is 0. The quantitative estimate of drug-likeness (QED) is 0.668. The molecule has 1 saturated carbocycles. The molecule has 0 spiro atoms. The molecule has 0 bridgehead atoms. The topological polar surface area (TPSA) is 40.5 Å². The number of rotatable bonds is 0. The maximum absolute atomic E-state index is 14.8. The van der Waals surface area contributed by atoms with Crippen LogP contribution in [0.4, 0.5) is 39.5 Å². The molecule has 1 fully saturated rings. The van der Waals surface area contributed by atoms with E-state index in [4.69, 9.17) is 0 Å². The molecule has 2 N–H and O–H groups in total. The molecule has 2 nitrogen and oxygen atoms in total. The lowest BCUT2D eigenvalue weighted by atomic mass is 9.64. The highest BCUT2D eigenvalue weighted by molar-refractivity contribution is 5.69. The molecular weight excluding hydrogens is 371 g/mol. The molecular formula is C14H7F9O2. The molecule has 3 atom stereocenters. The van der Waals surface area contributed by atoms with Gasteiger partial charge in [0.2, 0.25) is 5.67 Å². The Bertz CT molecular complexity index is 787. The Kier molecular flexibility index (Phi) is 3.17. The van der Waals surface area contributed by atoms with E-state index in [1.807, 2.05) is 0 Å². The van der Waals surface area contributed by atoms with Gasteiger partial charge in [-0.15, -0.1) is 0 Å². The Hall–Kier alpha value is -1.91. The number of aliphatic hydroxyl groups is 1. The molecule has 0 radical (unpaired) electrons. The van der Waals surface area contributed by atoms with Crippen molar-refractivity contribution < 1.29 is 49.7 Å². The summed E-state index contributed by atoms with van der Waals surface area (Å²) in [7, 11) is 0. The number of hydrogen-bond donors (Lipinski definition) is 2. The van der Waals surface area contributed by atoms with Crippen LogP contribution in [-0.4, -0.2) is 39.5 Å². The summed E-state index contributed by atoms with van der Waals surface area (Å²) < 4.78 is 125. The highest BCUT2D eigenvalue weighted by Crippen LogP contribution is 2.69. The fourth-order valence-electron chi connectivity index (χ4n) is 2.99. The van der Waals surface area contributed by atoms with Crippen molar-refractivity contribution in [1.82, 2.24) is 0 Å². The average molecular weight is 378 g/mol. The van der Waals surface area contributed by atoms with Gasteiger partial charge in [0.05, 0.1) is 0 Å². The number of halogens is 9. The van der Waals surface area contributed by atoms with Crippen molar-refractivity contribution in [2.24, 2.45) is 0 Å². The predicted octanol–water partition coefficient (Wildman–Crippen LogP) is 4.09. The van der Waals surface area contributed by atoms with Crippen LogP contribution in [0.5, 0.6) is 5.75 Å². The highest BCUT2D eigenvalue weighted by atomic mass is 19.4. The molecule has 0 amide bonds. The second-order valence-corrected chi connectivity index (χ2v) is 5.79. The third kappa shape index (κ3) is 1.67.